The quantitative estimate of drug-likeness (QED) is 0.737. The smallest absolute Gasteiger partial charge is 0.149 e. The molecule has 1 aromatic carbocycles. The molecule has 1 aromatic heterocycles. The Bertz CT molecular complexity index is 427. The number of nitrogens with zero attached hydrogens (tertiary/aromatic N) is 3. The van der Waals surface area contributed by atoms with Crippen LogP contribution in [0.2, 0.25) is 5.15 Å². The maximum atomic E-state index is 5.88. The number of rotatable bonds is 2. The van der Waals surface area contributed by atoms with Crippen molar-refractivity contribution in [3.63, 3.8) is 0 Å². The average molecular weight is 226 g/mol. The molecule has 0 aliphatic carbocycles. The van der Waals surface area contributed by atoms with Gasteiger partial charge in [-0.2, -0.15) is 0 Å². The van der Waals surface area contributed by atoms with Crippen molar-refractivity contribution in [3.05, 3.63) is 35.5 Å². The Balaban J connectivity index is 2.43. The molecular weight excluding hydrogens is 218 g/mol. The third-order valence-electron chi connectivity index (χ3n) is 1.73. The van der Waals surface area contributed by atoms with Crippen LogP contribution in [0.15, 0.2) is 35.4 Å². The molecule has 0 aliphatic rings. The molecule has 3 nitrogen and oxygen atoms in total. The minimum Gasteiger partial charge on any atom is -0.149 e. The van der Waals surface area contributed by atoms with Gasteiger partial charge in [0.1, 0.15) is 0 Å². The van der Waals surface area contributed by atoms with E-state index in [-0.39, 0.29) is 0 Å². The Morgan fingerprint density at radius 2 is 1.93 bits per heavy atom. The number of halogens is 1. The molecule has 0 saturated heterocycles. The summed E-state index contributed by atoms with van der Waals surface area (Å²) < 4.78 is 0. The summed E-state index contributed by atoms with van der Waals surface area (Å²) in [6.45, 7) is 0. The molecule has 72 valence electrons. The Labute approximate surface area is 91.1 Å². The van der Waals surface area contributed by atoms with Crippen LogP contribution in [0.25, 0.3) is 5.69 Å². The van der Waals surface area contributed by atoms with Crippen molar-refractivity contribution in [1.29, 1.82) is 0 Å². The molecule has 2 aromatic rings. The fourth-order valence-corrected chi connectivity index (χ4v) is 1.79. The molecule has 0 bridgehead atoms. The van der Waals surface area contributed by atoms with Crippen LogP contribution in [-0.2, 0) is 0 Å². The third-order valence-corrected chi connectivity index (χ3v) is 2.75. The van der Waals surface area contributed by atoms with Gasteiger partial charge in [-0.05, 0) is 18.4 Å². The molecule has 0 aliphatic heterocycles. The fourth-order valence-electron chi connectivity index (χ4n) is 1.08. The Morgan fingerprint density at radius 1 is 1.21 bits per heavy atom. The molecule has 0 saturated carbocycles. The van der Waals surface area contributed by atoms with E-state index in [2.05, 4.69) is 10.2 Å². The summed E-state index contributed by atoms with van der Waals surface area (Å²) in [5.74, 6) is 0. The summed E-state index contributed by atoms with van der Waals surface area (Å²) in [4.78, 5) is 1.54. The Morgan fingerprint density at radius 3 is 2.50 bits per heavy atom. The van der Waals surface area contributed by atoms with Crippen LogP contribution in [0.3, 0.4) is 0 Å². The first-order chi connectivity index (χ1) is 6.81. The molecule has 0 spiro atoms. The number of para-hydroxylation sites is 1. The zero-order chi connectivity index (χ0) is 9.97. The predicted molar refractivity (Wildman–Crippen MR) is 58.2 cm³/mol. The van der Waals surface area contributed by atoms with Gasteiger partial charge in [0, 0.05) is 0 Å². The normalized spacial score (nSPS) is 10.4. The van der Waals surface area contributed by atoms with Crippen LogP contribution in [0.1, 0.15) is 0 Å². The van der Waals surface area contributed by atoms with Crippen molar-refractivity contribution < 1.29 is 0 Å². The molecular formula is C9H8ClN3S. The molecule has 0 atom stereocenters. The van der Waals surface area contributed by atoms with Gasteiger partial charge in [0.15, 0.2) is 10.2 Å². The third kappa shape index (κ3) is 1.76. The van der Waals surface area contributed by atoms with Gasteiger partial charge in [-0.1, -0.05) is 29.8 Å². The standard InChI is InChI=1S/C9H8ClN3S/c1-14-9-8(10)11-13(12-9)7-5-3-2-4-6-7/h2-6H,1H3. The second-order valence-electron chi connectivity index (χ2n) is 2.63. The molecule has 0 N–H and O–H groups in total. The van der Waals surface area contributed by atoms with E-state index in [0.717, 1.165) is 10.7 Å². The van der Waals surface area contributed by atoms with Gasteiger partial charge in [-0.15, -0.1) is 26.8 Å². The highest BCUT2D eigenvalue weighted by Gasteiger charge is 2.07. The highest BCUT2D eigenvalue weighted by molar-refractivity contribution is 7.98. The summed E-state index contributed by atoms with van der Waals surface area (Å²) in [6, 6.07) is 9.68. The van der Waals surface area contributed by atoms with E-state index in [1.165, 1.54) is 16.6 Å². The van der Waals surface area contributed by atoms with Crippen molar-refractivity contribution in [1.82, 2.24) is 15.0 Å². The topological polar surface area (TPSA) is 30.7 Å². The van der Waals surface area contributed by atoms with Crippen LogP contribution in [0.5, 0.6) is 0 Å². The van der Waals surface area contributed by atoms with Gasteiger partial charge in [0.05, 0.1) is 5.69 Å². The Hall–Kier alpha value is -1.00. The first-order valence-electron chi connectivity index (χ1n) is 4.03. The Kier molecular flexibility index (Phi) is 2.74. The SMILES string of the molecule is CSc1nn(-c2ccccc2)nc1Cl. The van der Waals surface area contributed by atoms with E-state index >= 15 is 0 Å². The summed E-state index contributed by atoms with van der Waals surface area (Å²) in [5, 5.41) is 9.53. The van der Waals surface area contributed by atoms with E-state index in [1.54, 1.807) is 0 Å². The van der Waals surface area contributed by atoms with E-state index in [1.807, 2.05) is 36.6 Å². The minimum absolute atomic E-state index is 0.446. The highest BCUT2D eigenvalue weighted by Crippen LogP contribution is 2.21. The minimum atomic E-state index is 0.446. The van der Waals surface area contributed by atoms with Crippen molar-refractivity contribution >= 4 is 23.4 Å². The van der Waals surface area contributed by atoms with Gasteiger partial charge in [0.2, 0.25) is 0 Å². The first-order valence-corrected chi connectivity index (χ1v) is 5.64. The maximum absolute atomic E-state index is 5.88. The summed E-state index contributed by atoms with van der Waals surface area (Å²) in [5.41, 5.74) is 0.912. The molecule has 0 unspecified atom stereocenters. The lowest BCUT2D eigenvalue weighted by molar-refractivity contribution is 0.735. The lowest BCUT2D eigenvalue weighted by atomic mass is 10.3. The summed E-state index contributed by atoms with van der Waals surface area (Å²) in [7, 11) is 0. The van der Waals surface area contributed by atoms with Gasteiger partial charge in [-0.3, -0.25) is 0 Å². The van der Waals surface area contributed by atoms with Crippen molar-refractivity contribution in [2.75, 3.05) is 6.26 Å². The van der Waals surface area contributed by atoms with Gasteiger partial charge >= 0.3 is 0 Å². The van der Waals surface area contributed by atoms with E-state index in [0.29, 0.717) is 5.15 Å². The number of aromatic nitrogens is 3. The lowest BCUT2D eigenvalue weighted by Crippen LogP contribution is -1.97. The van der Waals surface area contributed by atoms with Gasteiger partial charge in [0.25, 0.3) is 0 Å². The molecule has 14 heavy (non-hydrogen) atoms. The second-order valence-corrected chi connectivity index (χ2v) is 3.78. The zero-order valence-electron chi connectivity index (χ0n) is 7.51. The average Bonchev–Trinajstić information content (AvgIpc) is 2.61. The predicted octanol–water partition coefficient (Wildman–Crippen LogP) is 2.64. The summed E-state index contributed by atoms with van der Waals surface area (Å²) in [6.07, 6.45) is 1.92. The van der Waals surface area contributed by atoms with E-state index in [4.69, 9.17) is 11.6 Å². The number of hydrogen-bond donors (Lipinski definition) is 0. The number of benzene rings is 1. The van der Waals surface area contributed by atoms with Crippen LogP contribution in [0, 0.1) is 0 Å². The van der Waals surface area contributed by atoms with Crippen molar-refractivity contribution in [3.8, 4) is 5.69 Å². The maximum Gasteiger partial charge on any atom is 0.185 e. The second kappa shape index (κ2) is 4.02. The largest absolute Gasteiger partial charge is 0.185 e. The van der Waals surface area contributed by atoms with Crippen LogP contribution in [-0.4, -0.2) is 21.2 Å². The molecule has 0 fully saturated rings. The molecule has 5 heteroatoms. The van der Waals surface area contributed by atoms with Crippen LogP contribution < -0.4 is 0 Å². The van der Waals surface area contributed by atoms with Crippen molar-refractivity contribution in [2.24, 2.45) is 0 Å². The monoisotopic (exact) mass is 225 g/mol. The van der Waals surface area contributed by atoms with E-state index in [9.17, 15) is 0 Å². The number of thioether (sulfide) groups is 1. The molecule has 0 radical (unpaired) electrons. The zero-order valence-corrected chi connectivity index (χ0v) is 9.09. The molecule has 1 heterocycles. The van der Waals surface area contributed by atoms with Gasteiger partial charge < -0.3 is 0 Å². The fraction of sp³-hybridized carbons (Fsp3) is 0.111. The lowest BCUT2D eigenvalue weighted by Gasteiger charge is -1.96. The number of hydrogen-bond acceptors (Lipinski definition) is 3. The molecule has 2 rings (SSSR count). The summed E-state index contributed by atoms with van der Waals surface area (Å²) >= 11 is 7.36. The van der Waals surface area contributed by atoms with E-state index < -0.39 is 0 Å². The van der Waals surface area contributed by atoms with Crippen LogP contribution in [0.4, 0.5) is 0 Å². The van der Waals surface area contributed by atoms with Gasteiger partial charge in [-0.25, -0.2) is 0 Å². The van der Waals surface area contributed by atoms with Crippen LogP contribution >= 0.6 is 23.4 Å². The van der Waals surface area contributed by atoms with Crippen molar-refractivity contribution in [2.45, 2.75) is 5.03 Å². The first kappa shape index (κ1) is 9.55. The highest BCUT2D eigenvalue weighted by atomic mass is 35.5. The molecule has 0 amide bonds.